The third-order valence-corrected chi connectivity index (χ3v) is 5.66. The molecule has 2 saturated heterocycles. The van der Waals surface area contributed by atoms with Gasteiger partial charge in [0.05, 0.1) is 18.7 Å². The molecule has 28 heavy (non-hydrogen) atoms. The Morgan fingerprint density at radius 3 is 2.29 bits per heavy atom. The molecule has 0 radical (unpaired) electrons. The summed E-state index contributed by atoms with van der Waals surface area (Å²) in [6.45, 7) is 11.8. The van der Waals surface area contributed by atoms with Crippen molar-refractivity contribution in [2.45, 2.75) is 27.2 Å². The summed E-state index contributed by atoms with van der Waals surface area (Å²) >= 11 is 0. The molecule has 6 heteroatoms. The van der Waals surface area contributed by atoms with E-state index in [-0.39, 0.29) is 11.8 Å². The maximum absolute atomic E-state index is 12.9. The van der Waals surface area contributed by atoms with Gasteiger partial charge in [0.15, 0.2) is 0 Å². The Kier molecular flexibility index (Phi) is 6.94. The zero-order chi connectivity index (χ0) is 20.1. The van der Waals surface area contributed by atoms with Gasteiger partial charge in [-0.15, -0.1) is 0 Å². The highest BCUT2D eigenvalue weighted by molar-refractivity contribution is 5.97. The van der Waals surface area contributed by atoms with Crippen LogP contribution in [0.1, 0.15) is 37.6 Å². The van der Waals surface area contributed by atoms with E-state index < -0.39 is 0 Å². The lowest BCUT2D eigenvalue weighted by molar-refractivity contribution is -0.135. The lowest BCUT2D eigenvalue weighted by Crippen LogP contribution is -2.53. The van der Waals surface area contributed by atoms with Crippen LogP contribution in [0.3, 0.4) is 0 Å². The molecular weight excluding hydrogens is 354 g/mol. The minimum absolute atomic E-state index is 0.00806. The molecule has 154 valence electrons. The molecule has 1 aromatic rings. The molecule has 2 aliphatic heterocycles. The van der Waals surface area contributed by atoms with Crippen LogP contribution in [0.4, 0.5) is 0 Å². The topological polar surface area (TPSA) is 53.1 Å². The number of ether oxygens (including phenoxy) is 1. The normalized spacial score (nSPS) is 23.5. The van der Waals surface area contributed by atoms with Crippen molar-refractivity contribution in [1.29, 1.82) is 0 Å². The van der Waals surface area contributed by atoms with Crippen LogP contribution in [0.5, 0.6) is 5.75 Å². The second kappa shape index (κ2) is 9.41. The number of hydrogen-bond acceptors (Lipinski definition) is 4. The third-order valence-electron chi connectivity index (χ3n) is 5.66. The molecule has 0 spiro atoms. The standard InChI is InChI=1S/C22H33N3O3/c1-4-28-20-8-6-5-7-19(20)22(27)24-11-9-23(10-12-24)16-21(26)25-14-17(2)13-18(3)15-25/h5-8,17-18H,4,9-16H2,1-3H3. The Hall–Kier alpha value is -2.08. The number of carbonyl (C=O) groups excluding carboxylic acids is 2. The van der Waals surface area contributed by atoms with Crippen LogP contribution in [0.25, 0.3) is 0 Å². The number of piperazine rings is 1. The van der Waals surface area contributed by atoms with Crippen molar-refractivity contribution in [3.8, 4) is 5.75 Å². The Morgan fingerprint density at radius 1 is 1.00 bits per heavy atom. The van der Waals surface area contributed by atoms with Crippen molar-refractivity contribution in [3.63, 3.8) is 0 Å². The Bertz CT molecular complexity index is 675. The monoisotopic (exact) mass is 387 g/mol. The van der Waals surface area contributed by atoms with Crippen molar-refractivity contribution >= 4 is 11.8 Å². The summed E-state index contributed by atoms with van der Waals surface area (Å²) in [7, 11) is 0. The van der Waals surface area contributed by atoms with Gasteiger partial charge in [-0.1, -0.05) is 26.0 Å². The van der Waals surface area contributed by atoms with Crippen LogP contribution in [-0.2, 0) is 4.79 Å². The average molecular weight is 388 g/mol. The van der Waals surface area contributed by atoms with E-state index in [1.807, 2.05) is 41.0 Å². The fraction of sp³-hybridized carbons (Fsp3) is 0.636. The van der Waals surface area contributed by atoms with Crippen molar-refractivity contribution in [1.82, 2.24) is 14.7 Å². The average Bonchev–Trinajstić information content (AvgIpc) is 2.68. The summed E-state index contributed by atoms with van der Waals surface area (Å²) in [5, 5.41) is 0. The van der Waals surface area contributed by atoms with Crippen LogP contribution < -0.4 is 4.74 Å². The van der Waals surface area contributed by atoms with E-state index in [1.54, 1.807) is 0 Å². The largest absolute Gasteiger partial charge is 0.493 e. The summed E-state index contributed by atoms with van der Waals surface area (Å²) in [4.78, 5) is 31.7. The highest BCUT2D eigenvalue weighted by Crippen LogP contribution is 2.22. The number of rotatable bonds is 5. The SMILES string of the molecule is CCOc1ccccc1C(=O)N1CCN(CC(=O)N2CC(C)CC(C)C2)CC1. The first kappa shape index (κ1) is 20.6. The maximum Gasteiger partial charge on any atom is 0.257 e. The van der Waals surface area contributed by atoms with E-state index in [0.29, 0.717) is 49.4 Å². The highest BCUT2D eigenvalue weighted by atomic mass is 16.5. The minimum atomic E-state index is 0.00806. The zero-order valence-electron chi connectivity index (χ0n) is 17.4. The van der Waals surface area contributed by atoms with Gasteiger partial charge in [-0.2, -0.15) is 0 Å². The van der Waals surface area contributed by atoms with E-state index in [1.165, 1.54) is 6.42 Å². The molecule has 0 aromatic heterocycles. The smallest absolute Gasteiger partial charge is 0.257 e. The first-order valence-electron chi connectivity index (χ1n) is 10.5. The maximum atomic E-state index is 12.9. The number of para-hydroxylation sites is 1. The minimum Gasteiger partial charge on any atom is -0.493 e. The van der Waals surface area contributed by atoms with Crippen molar-refractivity contribution in [3.05, 3.63) is 29.8 Å². The molecule has 3 rings (SSSR count). The first-order chi connectivity index (χ1) is 13.5. The van der Waals surface area contributed by atoms with Gasteiger partial charge in [-0.3, -0.25) is 14.5 Å². The molecule has 0 saturated carbocycles. The number of amides is 2. The second-order valence-corrected chi connectivity index (χ2v) is 8.24. The Morgan fingerprint density at radius 2 is 1.64 bits per heavy atom. The van der Waals surface area contributed by atoms with E-state index in [9.17, 15) is 9.59 Å². The fourth-order valence-electron chi connectivity index (χ4n) is 4.36. The molecule has 6 nitrogen and oxygen atoms in total. The number of hydrogen-bond donors (Lipinski definition) is 0. The number of piperidine rings is 1. The molecule has 0 N–H and O–H groups in total. The van der Waals surface area contributed by atoms with Crippen molar-refractivity contribution in [2.75, 3.05) is 52.4 Å². The molecule has 2 unspecified atom stereocenters. The summed E-state index contributed by atoms with van der Waals surface area (Å²) in [6.07, 6.45) is 1.20. The van der Waals surface area contributed by atoms with Crippen LogP contribution in [0.2, 0.25) is 0 Å². The molecule has 2 atom stereocenters. The van der Waals surface area contributed by atoms with Gasteiger partial charge in [0.25, 0.3) is 5.91 Å². The Labute approximate surface area is 168 Å². The van der Waals surface area contributed by atoms with Gasteiger partial charge in [-0.25, -0.2) is 0 Å². The fourth-order valence-corrected chi connectivity index (χ4v) is 4.36. The molecule has 2 aliphatic rings. The predicted molar refractivity (Wildman–Crippen MR) is 109 cm³/mol. The molecule has 2 heterocycles. The second-order valence-electron chi connectivity index (χ2n) is 8.24. The molecular formula is C22H33N3O3. The van der Waals surface area contributed by atoms with Gasteiger partial charge in [0.2, 0.25) is 5.91 Å². The van der Waals surface area contributed by atoms with E-state index in [0.717, 1.165) is 26.2 Å². The van der Waals surface area contributed by atoms with Crippen LogP contribution in [0, 0.1) is 11.8 Å². The van der Waals surface area contributed by atoms with Gasteiger partial charge in [0.1, 0.15) is 5.75 Å². The molecule has 2 fully saturated rings. The van der Waals surface area contributed by atoms with Gasteiger partial charge in [0, 0.05) is 39.3 Å². The van der Waals surface area contributed by atoms with E-state index in [2.05, 4.69) is 18.7 Å². The lowest BCUT2D eigenvalue weighted by Gasteiger charge is -2.38. The number of likely N-dealkylation sites (tertiary alicyclic amines) is 1. The molecule has 2 amide bonds. The summed E-state index contributed by atoms with van der Waals surface area (Å²) in [5.74, 6) is 2.02. The van der Waals surface area contributed by atoms with Crippen molar-refractivity contribution in [2.24, 2.45) is 11.8 Å². The highest BCUT2D eigenvalue weighted by Gasteiger charge is 2.29. The number of nitrogens with zero attached hydrogens (tertiary/aromatic N) is 3. The van der Waals surface area contributed by atoms with Gasteiger partial charge in [-0.05, 0) is 37.3 Å². The van der Waals surface area contributed by atoms with Crippen molar-refractivity contribution < 1.29 is 14.3 Å². The van der Waals surface area contributed by atoms with Crippen LogP contribution in [0.15, 0.2) is 24.3 Å². The summed E-state index contributed by atoms with van der Waals surface area (Å²) in [6, 6.07) is 7.41. The molecule has 0 aliphatic carbocycles. The summed E-state index contributed by atoms with van der Waals surface area (Å²) in [5.41, 5.74) is 0.616. The number of benzene rings is 1. The quantitative estimate of drug-likeness (QED) is 0.778. The van der Waals surface area contributed by atoms with Gasteiger partial charge < -0.3 is 14.5 Å². The number of carbonyl (C=O) groups is 2. The lowest BCUT2D eigenvalue weighted by atomic mass is 9.92. The zero-order valence-corrected chi connectivity index (χ0v) is 17.4. The van der Waals surface area contributed by atoms with E-state index >= 15 is 0 Å². The molecule has 1 aromatic carbocycles. The summed E-state index contributed by atoms with van der Waals surface area (Å²) < 4.78 is 5.60. The first-order valence-corrected chi connectivity index (χ1v) is 10.5. The Balaban J connectivity index is 1.52. The third kappa shape index (κ3) is 5.04. The van der Waals surface area contributed by atoms with Crippen LogP contribution >= 0.6 is 0 Å². The van der Waals surface area contributed by atoms with E-state index in [4.69, 9.17) is 4.74 Å². The predicted octanol–water partition coefficient (Wildman–Crippen LogP) is 2.35. The molecule has 0 bridgehead atoms. The van der Waals surface area contributed by atoms with Crippen LogP contribution in [-0.4, -0.2) is 78.9 Å². The van der Waals surface area contributed by atoms with Gasteiger partial charge >= 0.3 is 0 Å².